The molecule has 14 heavy (non-hydrogen) atoms. The quantitative estimate of drug-likeness (QED) is 0.805. The summed E-state index contributed by atoms with van der Waals surface area (Å²) in [4.78, 5) is 4.52. The van der Waals surface area contributed by atoms with Crippen molar-refractivity contribution < 1.29 is 5.11 Å². The van der Waals surface area contributed by atoms with Crippen LogP contribution in [0.4, 0.5) is 0 Å². The number of likely N-dealkylation sites (N-methyl/N-ethyl adjacent to an activating group) is 1. The molecular formula is C10H18N2OS. The van der Waals surface area contributed by atoms with E-state index >= 15 is 0 Å². The van der Waals surface area contributed by atoms with Crippen molar-refractivity contribution in [3.8, 4) is 0 Å². The Morgan fingerprint density at radius 1 is 1.57 bits per heavy atom. The van der Waals surface area contributed by atoms with Crippen LogP contribution in [0.15, 0.2) is 5.38 Å². The maximum absolute atomic E-state index is 9.09. The zero-order chi connectivity index (χ0) is 10.8. The van der Waals surface area contributed by atoms with E-state index in [0.717, 1.165) is 10.7 Å². The van der Waals surface area contributed by atoms with Gasteiger partial charge in [0.05, 0.1) is 23.4 Å². The molecule has 0 saturated carbocycles. The second-order valence-electron chi connectivity index (χ2n) is 4.35. The van der Waals surface area contributed by atoms with Crippen molar-refractivity contribution in [2.75, 3.05) is 13.7 Å². The lowest BCUT2D eigenvalue weighted by Crippen LogP contribution is -2.21. The molecule has 1 aromatic rings. The maximum atomic E-state index is 9.09. The lowest BCUT2D eigenvalue weighted by atomic mass is 9.98. The Hall–Kier alpha value is -0.450. The first-order valence-corrected chi connectivity index (χ1v) is 5.61. The second kappa shape index (κ2) is 4.38. The molecule has 0 aromatic carbocycles. The second-order valence-corrected chi connectivity index (χ2v) is 5.21. The molecule has 0 aliphatic carbocycles. The van der Waals surface area contributed by atoms with Crippen LogP contribution in [-0.2, 0) is 5.41 Å². The van der Waals surface area contributed by atoms with Crippen molar-refractivity contribution in [3.63, 3.8) is 0 Å². The van der Waals surface area contributed by atoms with E-state index in [2.05, 4.69) is 31.1 Å². The van der Waals surface area contributed by atoms with Crippen LogP contribution < -0.4 is 5.32 Å². The summed E-state index contributed by atoms with van der Waals surface area (Å²) >= 11 is 1.65. The fourth-order valence-corrected chi connectivity index (χ4v) is 2.08. The van der Waals surface area contributed by atoms with Crippen LogP contribution in [0.2, 0.25) is 0 Å². The highest BCUT2D eigenvalue weighted by atomic mass is 32.1. The Kier molecular flexibility index (Phi) is 3.64. The minimum absolute atomic E-state index is 0.0395. The topological polar surface area (TPSA) is 45.1 Å². The first-order chi connectivity index (χ1) is 6.49. The van der Waals surface area contributed by atoms with Gasteiger partial charge in [-0.05, 0) is 7.05 Å². The highest BCUT2D eigenvalue weighted by Gasteiger charge is 2.20. The Balaban J connectivity index is 2.87. The van der Waals surface area contributed by atoms with Crippen molar-refractivity contribution in [2.45, 2.75) is 32.2 Å². The Bertz CT molecular complexity index is 287. The van der Waals surface area contributed by atoms with Crippen LogP contribution in [0.5, 0.6) is 0 Å². The summed E-state index contributed by atoms with van der Waals surface area (Å²) < 4.78 is 0. The number of thiazole rings is 1. The molecule has 0 fully saturated rings. The Labute approximate surface area is 89.2 Å². The van der Waals surface area contributed by atoms with E-state index in [0.29, 0.717) is 0 Å². The molecular weight excluding hydrogens is 196 g/mol. The molecule has 1 aromatic heterocycles. The van der Waals surface area contributed by atoms with Crippen LogP contribution in [0.25, 0.3) is 0 Å². The molecule has 0 amide bonds. The number of aromatic nitrogens is 1. The molecule has 0 spiro atoms. The number of hydrogen-bond donors (Lipinski definition) is 2. The summed E-state index contributed by atoms with van der Waals surface area (Å²) in [5.41, 5.74) is 1.03. The van der Waals surface area contributed by atoms with Crippen molar-refractivity contribution in [2.24, 2.45) is 0 Å². The summed E-state index contributed by atoms with van der Waals surface area (Å²) in [6, 6.07) is -0.0395. The van der Waals surface area contributed by atoms with Crippen LogP contribution in [0.3, 0.4) is 0 Å². The molecule has 0 saturated heterocycles. The van der Waals surface area contributed by atoms with Crippen LogP contribution in [-0.4, -0.2) is 23.7 Å². The van der Waals surface area contributed by atoms with Gasteiger partial charge in [-0.3, -0.25) is 0 Å². The van der Waals surface area contributed by atoms with Gasteiger partial charge in [0.15, 0.2) is 0 Å². The van der Waals surface area contributed by atoms with Gasteiger partial charge in [0.1, 0.15) is 0 Å². The van der Waals surface area contributed by atoms with E-state index in [9.17, 15) is 0 Å². The third-order valence-electron chi connectivity index (χ3n) is 2.05. The predicted octanol–water partition coefficient (Wildman–Crippen LogP) is 1.69. The normalized spacial score (nSPS) is 14.4. The molecule has 0 aliphatic rings. The van der Waals surface area contributed by atoms with Gasteiger partial charge < -0.3 is 10.4 Å². The van der Waals surface area contributed by atoms with Gasteiger partial charge in [-0.1, -0.05) is 20.8 Å². The zero-order valence-corrected chi connectivity index (χ0v) is 9.98. The average molecular weight is 214 g/mol. The molecule has 80 valence electrons. The highest BCUT2D eigenvalue weighted by molar-refractivity contribution is 7.09. The van der Waals surface area contributed by atoms with E-state index in [1.165, 1.54) is 0 Å². The van der Waals surface area contributed by atoms with Crippen molar-refractivity contribution in [1.82, 2.24) is 10.3 Å². The molecule has 3 nitrogen and oxygen atoms in total. The smallest absolute Gasteiger partial charge is 0.0982 e. The zero-order valence-electron chi connectivity index (χ0n) is 9.16. The van der Waals surface area contributed by atoms with Gasteiger partial charge in [0.2, 0.25) is 0 Å². The third kappa shape index (κ3) is 2.53. The van der Waals surface area contributed by atoms with Gasteiger partial charge in [-0.25, -0.2) is 4.98 Å². The summed E-state index contributed by atoms with van der Waals surface area (Å²) in [7, 11) is 1.83. The lowest BCUT2D eigenvalue weighted by Gasteiger charge is -2.14. The summed E-state index contributed by atoms with van der Waals surface area (Å²) in [5.74, 6) is 0. The number of hydrogen-bond acceptors (Lipinski definition) is 4. The van der Waals surface area contributed by atoms with Gasteiger partial charge in [0.25, 0.3) is 0 Å². The number of rotatable bonds is 3. The maximum Gasteiger partial charge on any atom is 0.0982 e. The standard InChI is InChI=1S/C10H18N2OS/c1-10(2,3)9-12-8(6-14-9)7(5-13)11-4/h6-7,11,13H,5H2,1-4H3. The van der Waals surface area contributed by atoms with E-state index in [1.54, 1.807) is 11.3 Å². The minimum Gasteiger partial charge on any atom is -0.394 e. The van der Waals surface area contributed by atoms with Gasteiger partial charge in [0, 0.05) is 10.8 Å². The summed E-state index contributed by atoms with van der Waals surface area (Å²) in [6.07, 6.45) is 0. The number of nitrogens with one attached hydrogen (secondary N) is 1. The number of aliphatic hydroxyl groups excluding tert-OH is 1. The molecule has 1 atom stereocenters. The Morgan fingerprint density at radius 3 is 2.57 bits per heavy atom. The van der Waals surface area contributed by atoms with Crippen molar-refractivity contribution in [1.29, 1.82) is 0 Å². The molecule has 2 N–H and O–H groups in total. The van der Waals surface area contributed by atoms with Gasteiger partial charge >= 0.3 is 0 Å². The largest absolute Gasteiger partial charge is 0.394 e. The van der Waals surface area contributed by atoms with Crippen molar-refractivity contribution in [3.05, 3.63) is 16.1 Å². The first-order valence-electron chi connectivity index (χ1n) is 4.73. The van der Waals surface area contributed by atoms with E-state index in [1.807, 2.05) is 12.4 Å². The summed E-state index contributed by atoms with van der Waals surface area (Å²) in [6.45, 7) is 6.51. The third-order valence-corrected chi connectivity index (χ3v) is 3.34. The molecule has 4 heteroatoms. The number of aliphatic hydroxyl groups is 1. The number of nitrogens with zero attached hydrogens (tertiary/aromatic N) is 1. The van der Waals surface area contributed by atoms with Crippen molar-refractivity contribution >= 4 is 11.3 Å². The molecule has 0 bridgehead atoms. The van der Waals surface area contributed by atoms with Gasteiger partial charge in [-0.2, -0.15) is 0 Å². The highest BCUT2D eigenvalue weighted by Crippen LogP contribution is 2.27. The van der Waals surface area contributed by atoms with Crippen LogP contribution in [0, 0.1) is 0 Å². The van der Waals surface area contributed by atoms with E-state index < -0.39 is 0 Å². The Morgan fingerprint density at radius 2 is 2.21 bits per heavy atom. The fraction of sp³-hybridized carbons (Fsp3) is 0.700. The van der Waals surface area contributed by atoms with Crippen LogP contribution in [0.1, 0.15) is 37.5 Å². The fourth-order valence-electron chi connectivity index (χ4n) is 1.12. The van der Waals surface area contributed by atoms with Gasteiger partial charge in [-0.15, -0.1) is 11.3 Å². The van der Waals surface area contributed by atoms with E-state index in [-0.39, 0.29) is 18.1 Å². The van der Waals surface area contributed by atoms with E-state index in [4.69, 9.17) is 5.11 Å². The lowest BCUT2D eigenvalue weighted by molar-refractivity contribution is 0.248. The minimum atomic E-state index is -0.0395. The summed E-state index contributed by atoms with van der Waals surface area (Å²) in [5, 5.41) is 15.2. The molecule has 1 heterocycles. The molecule has 1 unspecified atom stereocenters. The molecule has 0 radical (unpaired) electrons. The SMILES string of the molecule is CNC(CO)c1csc(C(C)(C)C)n1. The monoisotopic (exact) mass is 214 g/mol. The molecule has 0 aliphatic heterocycles. The average Bonchev–Trinajstić information content (AvgIpc) is 2.54. The predicted molar refractivity (Wildman–Crippen MR) is 59.7 cm³/mol. The molecule has 1 rings (SSSR count). The first kappa shape index (κ1) is 11.6. The van der Waals surface area contributed by atoms with Crippen LogP contribution >= 0.6 is 11.3 Å².